The van der Waals surface area contributed by atoms with Gasteiger partial charge in [-0.05, 0) is 12.1 Å². The lowest BCUT2D eigenvalue weighted by Crippen LogP contribution is -2.47. The largest absolute Gasteiger partial charge is 0.339 e. The number of carbonyl (C=O) groups is 1. The van der Waals surface area contributed by atoms with Crippen molar-refractivity contribution in [3.63, 3.8) is 0 Å². The second-order valence-corrected chi connectivity index (χ2v) is 7.20. The zero-order valence-corrected chi connectivity index (χ0v) is 15.6. The molecule has 27 heavy (non-hydrogen) atoms. The molecule has 0 saturated carbocycles. The molecule has 4 rings (SSSR count). The molecule has 140 valence electrons. The van der Waals surface area contributed by atoms with Gasteiger partial charge in [-0.15, -0.1) is 16.8 Å². The number of para-hydroxylation sites is 1. The van der Waals surface area contributed by atoms with Gasteiger partial charge in [0.2, 0.25) is 11.7 Å². The molecule has 1 fully saturated rings. The first-order valence-corrected chi connectivity index (χ1v) is 9.78. The van der Waals surface area contributed by atoms with E-state index in [-0.39, 0.29) is 17.2 Å². The second kappa shape index (κ2) is 7.53. The minimum atomic E-state index is -0.126. The smallest absolute Gasteiger partial charge is 0.263 e. The van der Waals surface area contributed by atoms with Gasteiger partial charge in [0, 0.05) is 32.7 Å². The molecule has 0 unspecified atom stereocenters. The molecule has 0 atom stereocenters. The summed E-state index contributed by atoms with van der Waals surface area (Å²) in [5.41, 5.74) is 0.610. The van der Waals surface area contributed by atoms with Crippen LogP contribution in [0.25, 0.3) is 16.7 Å². The molecule has 1 aliphatic rings. The number of benzene rings is 1. The Morgan fingerprint density at radius 2 is 2.04 bits per heavy atom. The highest BCUT2D eigenvalue weighted by Crippen LogP contribution is 2.22. The van der Waals surface area contributed by atoms with Gasteiger partial charge >= 0.3 is 0 Å². The third kappa shape index (κ3) is 3.24. The maximum Gasteiger partial charge on any atom is 0.263 e. The van der Waals surface area contributed by atoms with Crippen LogP contribution in [-0.4, -0.2) is 61.9 Å². The molecule has 3 aromatic rings. The first-order chi connectivity index (χ1) is 13.2. The molecule has 3 heterocycles. The number of nitrogens with zero attached hydrogens (tertiary/aromatic N) is 5. The van der Waals surface area contributed by atoms with Gasteiger partial charge in [0.25, 0.3) is 5.56 Å². The molecule has 0 spiro atoms. The van der Waals surface area contributed by atoms with Gasteiger partial charge in [0.05, 0.1) is 16.7 Å². The maximum atomic E-state index is 12.8. The van der Waals surface area contributed by atoms with Gasteiger partial charge in [0.1, 0.15) is 0 Å². The molecule has 1 N–H and O–H groups in total. The number of rotatable bonds is 5. The minimum absolute atomic E-state index is 0.0852. The standard InChI is InChI=1S/C18H20N6O2S/c1-2-9-23-16(26)13-5-3-4-6-14(13)24-17(23)20-21-18(24)27-12-15(25)22-10-7-19-8-11-22/h2-6,19H,1,7-12H2. The molecule has 0 bridgehead atoms. The molecule has 0 aliphatic carbocycles. The van der Waals surface area contributed by atoms with E-state index in [4.69, 9.17) is 0 Å². The summed E-state index contributed by atoms with van der Waals surface area (Å²) in [4.78, 5) is 27.1. The molecule has 1 aromatic carbocycles. The van der Waals surface area contributed by atoms with Crippen LogP contribution in [0, 0.1) is 0 Å². The van der Waals surface area contributed by atoms with Crippen molar-refractivity contribution in [2.45, 2.75) is 11.7 Å². The summed E-state index contributed by atoms with van der Waals surface area (Å²) in [5.74, 6) is 0.827. The zero-order chi connectivity index (χ0) is 18.8. The van der Waals surface area contributed by atoms with Crippen molar-refractivity contribution in [3.05, 3.63) is 47.3 Å². The third-order valence-electron chi connectivity index (χ3n) is 4.58. The SMILES string of the molecule is C=CCn1c(=O)c2ccccc2n2c(SCC(=O)N3CCNCC3)nnc12. The van der Waals surface area contributed by atoms with E-state index in [0.717, 1.165) is 31.7 Å². The number of fused-ring (bicyclic) bond motifs is 3. The van der Waals surface area contributed by atoms with Gasteiger partial charge in [-0.2, -0.15) is 0 Å². The Hall–Kier alpha value is -2.65. The lowest BCUT2D eigenvalue weighted by Gasteiger charge is -2.27. The first-order valence-electron chi connectivity index (χ1n) is 8.79. The number of hydrogen-bond donors (Lipinski definition) is 1. The van der Waals surface area contributed by atoms with Crippen molar-refractivity contribution in [3.8, 4) is 0 Å². The number of thioether (sulfide) groups is 1. The average Bonchev–Trinajstić information content (AvgIpc) is 3.14. The highest BCUT2D eigenvalue weighted by Gasteiger charge is 2.20. The molecule has 1 saturated heterocycles. The van der Waals surface area contributed by atoms with E-state index in [1.54, 1.807) is 16.7 Å². The van der Waals surface area contributed by atoms with E-state index >= 15 is 0 Å². The fraction of sp³-hybridized carbons (Fsp3) is 0.333. The highest BCUT2D eigenvalue weighted by molar-refractivity contribution is 7.99. The van der Waals surface area contributed by atoms with Crippen molar-refractivity contribution in [2.75, 3.05) is 31.9 Å². The lowest BCUT2D eigenvalue weighted by molar-refractivity contribution is -0.128. The minimum Gasteiger partial charge on any atom is -0.339 e. The highest BCUT2D eigenvalue weighted by atomic mass is 32.2. The first kappa shape index (κ1) is 17.7. The van der Waals surface area contributed by atoms with E-state index in [1.807, 2.05) is 27.5 Å². The Labute approximate surface area is 159 Å². The van der Waals surface area contributed by atoms with Crippen LogP contribution in [0.2, 0.25) is 0 Å². The summed E-state index contributed by atoms with van der Waals surface area (Å²) in [5, 5.41) is 12.9. The predicted molar refractivity (Wildman–Crippen MR) is 105 cm³/mol. The number of nitrogens with one attached hydrogen (secondary N) is 1. The van der Waals surface area contributed by atoms with Crippen molar-refractivity contribution in [1.82, 2.24) is 29.4 Å². The van der Waals surface area contributed by atoms with Crippen LogP contribution in [0.5, 0.6) is 0 Å². The van der Waals surface area contributed by atoms with E-state index in [0.29, 0.717) is 22.9 Å². The summed E-state index contributed by atoms with van der Waals surface area (Å²) < 4.78 is 3.39. The quantitative estimate of drug-likeness (QED) is 0.516. The Morgan fingerprint density at radius 1 is 1.26 bits per heavy atom. The van der Waals surface area contributed by atoms with Crippen LogP contribution in [-0.2, 0) is 11.3 Å². The summed E-state index contributed by atoms with van der Waals surface area (Å²) in [6.45, 7) is 7.16. The van der Waals surface area contributed by atoms with E-state index < -0.39 is 0 Å². The van der Waals surface area contributed by atoms with Crippen molar-refractivity contribution >= 4 is 34.3 Å². The van der Waals surface area contributed by atoms with Crippen LogP contribution in [0.4, 0.5) is 0 Å². The molecule has 2 aromatic heterocycles. The Bertz CT molecular complexity index is 1070. The van der Waals surface area contributed by atoms with Gasteiger partial charge in [-0.1, -0.05) is 30.0 Å². The number of allylic oxidation sites excluding steroid dienone is 1. The number of carbonyl (C=O) groups excluding carboxylic acids is 1. The summed E-state index contributed by atoms with van der Waals surface area (Å²) in [6.07, 6.45) is 1.66. The predicted octanol–water partition coefficient (Wildman–Crippen LogP) is 0.754. The van der Waals surface area contributed by atoms with E-state index in [2.05, 4.69) is 22.1 Å². The van der Waals surface area contributed by atoms with Gasteiger partial charge < -0.3 is 10.2 Å². The molecule has 9 heteroatoms. The van der Waals surface area contributed by atoms with Crippen LogP contribution < -0.4 is 10.9 Å². The third-order valence-corrected chi connectivity index (χ3v) is 5.50. The Balaban J connectivity index is 1.72. The molecule has 1 amide bonds. The van der Waals surface area contributed by atoms with Gasteiger partial charge in [-0.25, -0.2) is 0 Å². The zero-order valence-electron chi connectivity index (χ0n) is 14.8. The molecular formula is C18H20N6O2S. The van der Waals surface area contributed by atoms with Crippen LogP contribution in [0.1, 0.15) is 0 Å². The van der Waals surface area contributed by atoms with Crippen molar-refractivity contribution < 1.29 is 4.79 Å². The van der Waals surface area contributed by atoms with Crippen molar-refractivity contribution in [2.24, 2.45) is 0 Å². The van der Waals surface area contributed by atoms with Gasteiger partial charge in [-0.3, -0.25) is 18.6 Å². The molecular weight excluding hydrogens is 364 g/mol. The Morgan fingerprint density at radius 3 is 2.81 bits per heavy atom. The fourth-order valence-corrected chi connectivity index (χ4v) is 4.10. The molecule has 1 aliphatic heterocycles. The Kier molecular flexibility index (Phi) is 4.95. The van der Waals surface area contributed by atoms with Crippen LogP contribution in [0.3, 0.4) is 0 Å². The number of piperazine rings is 1. The number of amides is 1. The fourth-order valence-electron chi connectivity index (χ4n) is 3.25. The summed E-state index contributed by atoms with van der Waals surface area (Å²) >= 11 is 1.34. The van der Waals surface area contributed by atoms with Crippen molar-refractivity contribution in [1.29, 1.82) is 0 Å². The van der Waals surface area contributed by atoms with Crippen LogP contribution in [0.15, 0.2) is 46.9 Å². The van der Waals surface area contributed by atoms with Crippen LogP contribution >= 0.6 is 11.8 Å². The summed E-state index contributed by atoms with van der Waals surface area (Å²) in [7, 11) is 0. The van der Waals surface area contributed by atoms with E-state index in [1.165, 1.54) is 11.8 Å². The normalized spacial score (nSPS) is 14.7. The monoisotopic (exact) mass is 384 g/mol. The average molecular weight is 384 g/mol. The molecule has 0 radical (unpaired) electrons. The second-order valence-electron chi connectivity index (χ2n) is 6.26. The summed E-state index contributed by atoms with van der Waals surface area (Å²) in [6, 6.07) is 7.36. The number of hydrogen-bond acceptors (Lipinski definition) is 6. The van der Waals surface area contributed by atoms with Gasteiger partial charge in [0.15, 0.2) is 5.16 Å². The topological polar surface area (TPSA) is 84.5 Å². The number of aromatic nitrogens is 4. The maximum absolute atomic E-state index is 12.8. The van der Waals surface area contributed by atoms with E-state index in [9.17, 15) is 9.59 Å². The lowest BCUT2D eigenvalue weighted by atomic mass is 10.2. The molecule has 8 nitrogen and oxygen atoms in total.